The fourth-order valence-electron chi connectivity index (χ4n) is 1.91. The lowest BCUT2D eigenvalue weighted by atomic mass is 10.0. The number of rotatable bonds is 4. The van der Waals surface area contributed by atoms with Gasteiger partial charge in [0.2, 0.25) is 0 Å². The molecule has 0 aromatic heterocycles. The van der Waals surface area contributed by atoms with E-state index in [0.717, 1.165) is 5.56 Å². The molecular weight excluding hydrogens is 300 g/mol. The summed E-state index contributed by atoms with van der Waals surface area (Å²) >= 11 is 12.3. The second-order valence-corrected chi connectivity index (χ2v) is 5.03. The van der Waals surface area contributed by atoms with Gasteiger partial charge in [-0.25, -0.2) is 4.39 Å². The normalized spacial score (nSPS) is 10.7. The van der Waals surface area contributed by atoms with Crippen molar-refractivity contribution >= 4 is 23.2 Å². The van der Waals surface area contributed by atoms with Crippen LogP contribution in [0.3, 0.4) is 0 Å². The third-order valence-electron chi connectivity index (χ3n) is 2.88. The number of ether oxygens (including phenoxy) is 1. The van der Waals surface area contributed by atoms with Crippen molar-refractivity contribution in [2.75, 3.05) is 6.61 Å². The Kier molecular flexibility index (Phi) is 4.86. The molecule has 20 heavy (non-hydrogen) atoms. The van der Waals surface area contributed by atoms with Crippen molar-refractivity contribution in [2.45, 2.75) is 13.5 Å². The van der Waals surface area contributed by atoms with Crippen LogP contribution in [-0.4, -0.2) is 6.61 Å². The van der Waals surface area contributed by atoms with E-state index < -0.39 is 0 Å². The van der Waals surface area contributed by atoms with Crippen molar-refractivity contribution in [3.63, 3.8) is 0 Å². The van der Waals surface area contributed by atoms with Crippen LogP contribution >= 0.6 is 23.2 Å². The molecule has 2 aromatic rings. The monoisotopic (exact) mass is 313 g/mol. The molecule has 0 bridgehead atoms. The highest BCUT2D eigenvalue weighted by Crippen LogP contribution is 2.37. The Balaban J connectivity index is 2.50. The molecule has 0 aliphatic heterocycles. The fourth-order valence-corrected chi connectivity index (χ4v) is 2.38. The van der Waals surface area contributed by atoms with Crippen LogP contribution in [0.25, 0.3) is 11.1 Å². The lowest BCUT2D eigenvalue weighted by Crippen LogP contribution is -1.98. The molecule has 106 valence electrons. The fraction of sp³-hybridized carbons (Fsp3) is 0.200. The van der Waals surface area contributed by atoms with Crippen LogP contribution in [0.2, 0.25) is 10.0 Å². The van der Waals surface area contributed by atoms with Crippen molar-refractivity contribution in [3.05, 3.63) is 51.8 Å². The zero-order valence-corrected chi connectivity index (χ0v) is 12.4. The summed E-state index contributed by atoms with van der Waals surface area (Å²) in [6.07, 6.45) is 0. The number of hydrogen-bond acceptors (Lipinski definition) is 2. The van der Waals surface area contributed by atoms with E-state index in [0.29, 0.717) is 33.5 Å². The minimum Gasteiger partial charge on any atom is -0.492 e. The molecule has 2 N–H and O–H groups in total. The van der Waals surface area contributed by atoms with E-state index in [4.69, 9.17) is 33.7 Å². The smallest absolute Gasteiger partial charge is 0.139 e. The Morgan fingerprint density at radius 1 is 1.10 bits per heavy atom. The summed E-state index contributed by atoms with van der Waals surface area (Å²) in [7, 11) is 0. The van der Waals surface area contributed by atoms with E-state index >= 15 is 0 Å². The van der Waals surface area contributed by atoms with Crippen molar-refractivity contribution in [1.29, 1.82) is 0 Å². The van der Waals surface area contributed by atoms with Crippen molar-refractivity contribution in [3.8, 4) is 16.9 Å². The third-order valence-corrected chi connectivity index (χ3v) is 3.49. The predicted molar refractivity (Wildman–Crippen MR) is 80.9 cm³/mol. The van der Waals surface area contributed by atoms with Crippen molar-refractivity contribution in [1.82, 2.24) is 0 Å². The highest BCUT2D eigenvalue weighted by molar-refractivity contribution is 6.36. The third kappa shape index (κ3) is 3.06. The van der Waals surface area contributed by atoms with E-state index in [2.05, 4.69) is 0 Å². The summed E-state index contributed by atoms with van der Waals surface area (Å²) in [6, 6.07) is 8.01. The first-order valence-corrected chi connectivity index (χ1v) is 6.93. The maximum Gasteiger partial charge on any atom is 0.139 e. The van der Waals surface area contributed by atoms with E-state index in [9.17, 15) is 4.39 Å². The predicted octanol–water partition coefficient (Wildman–Crippen LogP) is 4.66. The standard InChI is InChI=1S/C15H14Cl2FNO/c1-2-20-15-7-12(16)11(6-13(15)17)10-4-3-9(8-19)5-14(10)18/h3-7H,2,8,19H2,1H3. The van der Waals surface area contributed by atoms with Gasteiger partial charge in [0.05, 0.1) is 16.7 Å². The van der Waals surface area contributed by atoms with Crippen LogP contribution < -0.4 is 10.5 Å². The average Bonchev–Trinajstić information content (AvgIpc) is 2.43. The Morgan fingerprint density at radius 2 is 1.85 bits per heavy atom. The van der Waals surface area contributed by atoms with E-state index in [1.54, 1.807) is 24.3 Å². The maximum atomic E-state index is 14.1. The SMILES string of the molecule is CCOc1cc(Cl)c(-c2ccc(CN)cc2F)cc1Cl. The van der Waals surface area contributed by atoms with E-state index in [-0.39, 0.29) is 12.4 Å². The van der Waals surface area contributed by atoms with Gasteiger partial charge in [0.25, 0.3) is 0 Å². The summed E-state index contributed by atoms with van der Waals surface area (Å²) in [6.45, 7) is 2.62. The molecule has 0 atom stereocenters. The highest BCUT2D eigenvalue weighted by Gasteiger charge is 2.13. The molecule has 0 amide bonds. The summed E-state index contributed by atoms with van der Waals surface area (Å²) in [5.41, 5.74) is 7.12. The zero-order chi connectivity index (χ0) is 14.7. The summed E-state index contributed by atoms with van der Waals surface area (Å²) < 4.78 is 19.4. The molecule has 0 fully saturated rings. The van der Waals surface area contributed by atoms with Gasteiger partial charge in [0, 0.05) is 23.7 Å². The second-order valence-electron chi connectivity index (χ2n) is 4.21. The van der Waals surface area contributed by atoms with Crippen LogP contribution in [0.1, 0.15) is 12.5 Å². The first kappa shape index (κ1) is 15.1. The molecule has 0 radical (unpaired) electrons. The van der Waals surface area contributed by atoms with E-state index in [1.165, 1.54) is 6.07 Å². The van der Waals surface area contributed by atoms with Gasteiger partial charge in [-0.1, -0.05) is 35.3 Å². The van der Waals surface area contributed by atoms with Gasteiger partial charge in [0.1, 0.15) is 11.6 Å². The number of nitrogens with two attached hydrogens (primary N) is 1. The first-order valence-electron chi connectivity index (χ1n) is 6.17. The Morgan fingerprint density at radius 3 is 2.45 bits per heavy atom. The molecule has 0 unspecified atom stereocenters. The molecule has 0 heterocycles. The van der Waals surface area contributed by atoms with Crippen molar-refractivity contribution < 1.29 is 9.13 Å². The molecule has 0 saturated heterocycles. The molecule has 0 saturated carbocycles. The molecular formula is C15H14Cl2FNO. The van der Waals surface area contributed by atoms with Gasteiger partial charge in [0.15, 0.2) is 0 Å². The lowest BCUT2D eigenvalue weighted by molar-refractivity contribution is 0.340. The summed E-state index contributed by atoms with van der Waals surface area (Å²) in [5, 5.41) is 0.783. The van der Waals surface area contributed by atoms with Crippen LogP contribution in [-0.2, 0) is 6.54 Å². The molecule has 5 heteroatoms. The highest BCUT2D eigenvalue weighted by atomic mass is 35.5. The minimum atomic E-state index is -0.380. The number of halogens is 3. The minimum absolute atomic E-state index is 0.287. The largest absolute Gasteiger partial charge is 0.492 e. The topological polar surface area (TPSA) is 35.2 Å². The van der Waals surface area contributed by atoms with E-state index in [1.807, 2.05) is 6.92 Å². The van der Waals surface area contributed by atoms with Crippen LogP contribution in [0.4, 0.5) is 4.39 Å². The average molecular weight is 314 g/mol. The Hall–Kier alpha value is -1.29. The van der Waals surface area contributed by atoms with Crippen molar-refractivity contribution in [2.24, 2.45) is 5.73 Å². The lowest BCUT2D eigenvalue weighted by Gasteiger charge is -2.11. The van der Waals surface area contributed by atoms with Gasteiger partial charge >= 0.3 is 0 Å². The molecule has 2 rings (SSSR count). The molecule has 0 spiro atoms. The number of benzene rings is 2. The van der Waals surface area contributed by atoms with Gasteiger partial charge in [-0.3, -0.25) is 0 Å². The first-order chi connectivity index (χ1) is 9.56. The second kappa shape index (κ2) is 6.44. The van der Waals surface area contributed by atoms with Gasteiger partial charge in [-0.05, 0) is 24.6 Å². The zero-order valence-electron chi connectivity index (χ0n) is 10.9. The molecule has 2 aromatic carbocycles. The van der Waals surface area contributed by atoms with Crippen LogP contribution in [0, 0.1) is 5.82 Å². The number of hydrogen-bond donors (Lipinski definition) is 1. The maximum absolute atomic E-state index is 14.1. The quantitative estimate of drug-likeness (QED) is 0.891. The molecule has 2 nitrogen and oxygen atoms in total. The van der Waals surface area contributed by atoms with Crippen LogP contribution in [0.5, 0.6) is 5.75 Å². The molecule has 0 aliphatic carbocycles. The Bertz CT molecular complexity index is 632. The van der Waals surface area contributed by atoms with Crippen LogP contribution in [0.15, 0.2) is 30.3 Å². The molecule has 0 aliphatic rings. The Labute approximate surface area is 127 Å². The van der Waals surface area contributed by atoms with Gasteiger partial charge < -0.3 is 10.5 Å². The summed E-state index contributed by atoms with van der Waals surface area (Å²) in [4.78, 5) is 0. The van der Waals surface area contributed by atoms with Gasteiger partial charge in [-0.15, -0.1) is 0 Å². The van der Waals surface area contributed by atoms with Gasteiger partial charge in [-0.2, -0.15) is 0 Å². The summed E-state index contributed by atoms with van der Waals surface area (Å²) in [5.74, 6) is 0.108.